The molecule has 0 amide bonds. The molecule has 0 bridgehead atoms. The summed E-state index contributed by atoms with van der Waals surface area (Å²) in [6.45, 7) is 4.20. The van der Waals surface area contributed by atoms with E-state index in [1.807, 2.05) is 0 Å². The molecule has 0 spiro atoms. The van der Waals surface area contributed by atoms with Gasteiger partial charge in [-0.2, -0.15) is 0 Å². The zero-order valence-corrected chi connectivity index (χ0v) is 11.0. The lowest BCUT2D eigenvalue weighted by Gasteiger charge is -2.24. The highest BCUT2D eigenvalue weighted by atomic mass is 32.2. The third-order valence-electron chi connectivity index (χ3n) is 3.37. The fourth-order valence-corrected chi connectivity index (χ4v) is 3.07. The van der Waals surface area contributed by atoms with Crippen molar-refractivity contribution in [3.8, 4) is 0 Å². The van der Waals surface area contributed by atoms with Crippen molar-refractivity contribution in [2.45, 2.75) is 38.6 Å². The van der Waals surface area contributed by atoms with Crippen LogP contribution in [0.2, 0.25) is 0 Å². The van der Waals surface area contributed by atoms with Crippen LogP contribution >= 0.6 is 0 Å². The van der Waals surface area contributed by atoms with E-state index in [1.54, 1.807) is 6.92 Å². The molecule has 96 valence electrons. The molecule has 1 saturated heterocycles. The summed E-state index contributed by atoms with van der Waals surface area (Å²) in [5.74, 6) is 0.566. The van der Waals surface area contributed by atoms with E-state index in [0.29, 0.717) is 18.3 Å². The van der Waals surface area contributed by atoms with Gasteiger partial charge in [-0.3, -0.25) is 4.90 Å². The average Bonchev–Trinajstić information content (AvgIpc) is 2.71. The molecule has 1 aliphatic heterocycles. The molecule has 4 nitrogen and oxygen atoms in total. The maximum atomic E-state index is 11.4. The number of nitrogens with two attached hydrogens (primary N) is 1. The van der Waals surface area contributed by atoms with Crippen molar-refractivity contribution in [3.63, 3.8) is 0 Å². The highest BCUT2D eigenvalue weighted by molar-refractivity contribution is 7.91. The molecule has 0 aromatic carbocycles. The number of hydrogen-bond acceptors (Lipinski definition) is 4. The van der Waals surface area contributed by atoms with Crippen molar-refractivity contribution in [2.75, 3.05) is 31.1 Å². The van der Waals surface area contributed by atoms with Crippen LogP contribution < -0.4 is 5.73 Å². The van der Waals surface area contributed by atoms with Gasteiger partial charge in [-0.15, -0.1) is 0 Å². The molecule has 1 aliphatic rings. The lowest BCUT2D eigenvalue weighted by Crippen LogP contribution is -2.34. The molecule has 1 heterocycles. The van der Waals surface area contributed by atoms with E-state index in [4.69, 9.17) is 5.73 Å². The standard InChI is InChI=1S/C11H24N2O2S/c1-2-16(14,15)10-9-13-8-4-6-11(13)5-3-7-12/h11H,2-10,12H2,1H3. The molecule has 0 aliphatic carbocycles. The van der Waals surface area contributed by atoms with Crippen LogP contribution in [0.1, 0.15) is 32.6 Å². The molecule has 5 heteroatoms. The van der Waals surface area contributed by atoms with Gasteiger partial charge < -0.3 is 5.73 Å². The minimum absolute atomic E-state index is 0.258. The minimum atomic E-state index is -2.82. The Balaban J connectivity index is 2.35. The van der Waals surface area contributed by atoms with E-state index in [0.717, 1.165) is 25.9 Å². The van der Waals surface area contributed by atoms with Crippen LogP contribution in [0, 0.1) is 0 Å². The SMILES string of the molecule is CCS(=O)(=O)CCN1CCCC1CCCN. The van der Waals surface area contributed by atoms with Crippen molar-refractivity contribution in [2.24, 2.45) is 5.73 Å². The van der Waals surface area contributed by atoms with Crippen LogP contribution in [-0.4, -0.2) is 50.5 Å². The van der Waals surface area contributed by atoms with Gasteiger partial charge >= 0.3 is 0 Å². The number of sulfone groups is 1. The van der Waals surface area contributed by atoms with Crippen molar-refractivity contribution in [3.05, 3.63) is 0 Å². The highest BCUT2D eigenvalue weighted by Crippen LogP contribution is 2.20. The zero-order valence-electron chi connectivity index (χ0n) is 10.2. The molecule has 0 aromatic heterocycles. The van der Waals surface area contributed by atoms with Gasteiger partial charge in [0, 0.05) is 18.3 Å². The highest BCUT2D eigenvalue weighted by Gasteiger charge is 2.24. The summed E-state index contributed by atoms with van der Waals surface area (Å²) >= 11 is 0. The van der Waals surface area contributed by atoms with E-state index in [9.17, 15) is 8.42 Å². The second-order valence-corrected chi connectivity index (χ2v) is 6.97. The topological polar surface area (TPSA) is 63.4 Å². The van der Waals surface area contributed by atoms with Crippen molar-refractivity contribution >= 4 is 9.84 Å². The lowest BCUT2D eigenvalue weighted by molar-refractivity contribution is 0.254. The first kappa shape index (κ1) is 13.9. The van der Waals surface area contributed by atoms with Crippen LogP contribution in [0.5, 0.6) is 0 Å². The third-order valence-corrected chi connectivity index (χ3v) is 5.05. The summed E-state index contributed by atoms with van der Waals surface area (Å²) in [6, 6.07) is 0.565. The second-order valence-electron chi connectivity index (χ2n) is 4.50. The van der Waals surface area contributed by atoms with E-state index in [1.165, 1.54) is 12.8 Å². The van der Waals surface area contributed by atoms with E-state index in [2.05, 4.69) is 4.90 Å². The summed E-state index contributed by atoms with van der Waals surface area (Å²) in [7, 11) is -2.82. The predicted molar refractivity (Wildman–Crippen MR) is 67.2 cm³/mol. The largest absolute Gasteiger partial charge is 0.330 e. The van der Waals surface area contributed by atoms with E-state index >= 15 is 0 Å². The maximum Gasteiger partial charge on any atom is 0.151 e. The second kappa shape index (κ2) is 6.57. The summed E-state index contributed by atoms with van der Waals surface area (Å²) in [5, 5.41) is 0. The minimum Gasteiger partial charge on any atom is -0.330 e. The average molecular weight is 248 g/mol. The van der Waals surface area contributed by atoms with Crippen molar-refractivity contribution < 1.29 is 8.42 Å². The Morgan fingerprint density at radius 1 is 1.44 bits per heavy atom. The third kappa shape index (κ3) is 4.39. The maximum absolute atomic E-state index is 11.4. The molecule has 1 unspecified atom stereocenters. The van der Waals surface area contributed by atoms with Gasteiger partial charge in [0.2, 0.25) is 0 Å². The normalized spacial score (nSPS) is 22.8. The molecule has 0 aromatic rings. The first-order valence-electron chi connectivity index (χ1n) is 6.23. The van der Waals surface area contributed by atoms with Gasteiger partial charge in [0.05, 0.1) is 5.75 Å². The fourth-order valence-electron chi connectivity index (χ4n) is 2.27. The molecule has 1 fully saturated rings. The Labute approximate surface area is 99.1 Å². The van der Waals surface area contributed by atoms with Gasteiger partial charge in [0.15, 0.2) is 9.84 Å². The van der Waals surface area contributed by atoms with Gasteiger partial charge in [-0.05, 0) is 38.8 Å². The fraction of sp³-hybridized carbons (Fsp3) is 1.00. The molecule has 2 N–H and O–H groups in total. The molecular formula is C11H24N2O2S. The first-order chi connectivity index (χ1) is 7.59. The van der Waals surface area contributed by atoms with E-state index in [-0.39, 0.29) is 5.75 Å². The molecule has 1 atom stereocenters. The summed E-state index contributed by atoms with van der Waals surface area (Å²) in [6.07, 6.45) is 4.55. The van der Waals surface area contributed by atoms with Crippen LogP contribution in [0.4, 0.5) is 0 Å². The first-order valence-corrected chi connectivity index (χ1v) is 8.05. The molecule has 16 heavy (non-hydrogen) atoms. The van der Waals surface area contributed by atoms with Gasteiger partial charge in [-0.25, -0.2) is 8.42 Å². The Hall–Kier alpha value is -0.130. The van der Waals surface area contributed by atoms with Crippen LogP contribution in [0.25, 0.3) is 0 Å². The number of nitrogens with zero attached hydrogens (tertiary/aromatic N) is 1. The number of hydrogen-bond donors (Lipinski definition) is 1. The predicted octanol–water partition coefficient (Wildman–Crippen LogP) is 0.624. The van der Waals surface area contributed by atoms with Crippen LogP contribution in [0.15, 0.2) is 0 Å². The Morgan fingerprint density at radius 3 is 2.81 bits per heavy atom. The van der Waals surface area contributed by atoms with Crippen LogP contribution in [-0.2, 0) is 9.84 Å². The molecular weight excluding hydrogens is 224 g/mol. The van der Waals surface area contributed by atoms with Gasteiger partial charge in [-0.1, -0.05) is 6.92 Å². The smallest absolute Gasteiger partial charge is 0.151 e. The van der Waals surface area contributed by atoms with E-state index < -0.39 is 9.84 Å². The Kier molecular flexibility index (Phi) is 5.72. The summed E-state index contributed by atoms with van der Waals surface area (Å²) < 4.78 is 22.9. The van der Waals surface area contributed by atoms with Crippen molar-refractivity contribution in [1.29, 1.82) is 0 Å². The monoisotopic (exact) mass is 248 g/mol. The zero-order chi connectivity index (χ0) is 12.0. The lowest BCUT2D eigenvalue weighted by atomic mass is 10.1. The Morgan fingerprint density at radius 2 is 2.19 bits per heavy atom. The number of likely N-dealkylation sites (tertiary alicyclic amines) is 1. The van der Waals surface area contributed by atoms with Crippen molar-refractivity contribution in [1.82, 2.24) is 4.90 Å². The van der Waals surface area contributed by atoms with Gasteiger partial charge in [0.1, 0.15) is 0 Å². The molecule has 0 radical (unpaired) electrons. The van der Waals surface area contributed by atoms with Gasteiger partial charge in [0.25, 0.3) is 0 Å². The number of rotatable bonds is 7. The molecule has 0 saturated carbocycles. The quantitative estimate of drug-likeness (QED) is 0.717. The summed E-state index contributed by atoms with van der Waals surface area (Å²) in [5.41, 5.74) is 5.50. The Bertz CT molecular complexity index is 290. The van der Waals surface area contributed by atoms with Crippen LogP contribution in [0.3, 0.4) is 0 Å². The summed E-state index contributed by atoms with van der Waals surface area (Å²) in [4.78, 5) is 2.32. The molecule has 1 rings (SSSR count).